The van der Waals surface area contributed by atoms with Crippen molar-refractivity contribution < 1.29 is 9.84 Å². The van der Waals surface area contributed by atoms with Gasteiger partial charge in [0.25, 0.3) is 0 Å². The molecule has 0 spiro atoms. The smallest absolute Gasteiger partial charge is 0.0681 e. The Morgan fingerprint density at radius 1 is 1.33 bits per heavy atom. The highest BCUT2D eigenvalue weighted by Gasteiger charge is 2.33. The molecule has 1 fully saturated rings. The molecule has 0 aromatic heterocycles. The second kappa shape index (κ2) is 7.92. The zero-order valence-corrected chi connectivity index (χ0v) is 13.4. The fourth-order valence-electron chi connectivity index (χ4n) is 3.41. The summed E-state index contributed by atoms with van der Waals surface area (Å²) in [6.45, 7) is 4.23. The monoisotopic (exact) mass is 291 g/mol. The number of hydrogen-bond acceptors (Lipinski definition) is 3. The molecule has 0 saturated heterocycles. The van der Waals surface area contributed by atoms with Crippen LogP contribution in [0.25, 0.3) is 0 Å². The Bertz CT molecular complexity index is 427. The lowest BCUT2D eigenvalue weighted by Gasteiger charge is -2.31. The lowest BCUT2D eigenvalue weighted by molar-refractivity contribution is 0.133. The van der Waals surface area contributed by atoms with E-state index in [2.05, 4.69) is 24.4 Å². The minimum Gasteiger partial charge on any atom is -0.392 e. The third-order valence-electron chi connectivity index (χ3n) is 4.92. The molecule has 1 aliphatic rings. The standard InChI is InChI=1S/C18H29NO2/c1-15(17-7-5-6-16(12-17)13-20)19-14-18(10-11-21-2)8-3-4-9-18/h5-7,12,15,19-20H,3-4,8-11,13-14H2,1-2H3. The van der Waals surface area contributed by atoms with E-state index in [0.717, 1.165) is 25.1 Å². The van der Waals surface area contributed by atoms with E-state index in [1.807, 2.05) is 12.1 Å². The van der Waals surface area contributed by atoms with Gasteiger partial charge in [-0.15, -0.1) is 0 Å². The zero-order valence-electron chi connectivity index (χ0n) is 13.4. The molecule has 0 amide bonds. The predicted molar refractivity (Wildman–Crippen MR) is 86.2 cm³/mol. The minimum absolute atomic E-state index is 0.109. The summed E-state index contributed by atoms with van der Waals surface area (Å²) in [4.78, 5) is 0. The van der Waals surface area contributed by atoms with Crippen LogP contribution in [0.3, 0.4) is 0 Å². The maximum Gasteiger partial charge on any atom is 0.0681 e. The summed E-state index contributed by atoms with van der Waals surface area (Å²) in [6.07, 6.45) is 6.47. The fraction of sp³-hybridized carbons (Fsp3) is 0.667. The number of aliphatic hydroxyl groups excluding tert-OH is 1. The summed E-state index contributed by atoms with van der Waals surface area (Å²) in [7, 11) is 1.79. The quantitative estimate of drug-likeness (QED) is 0.771. The molecule has 3 heteroatoms. The molecule has 1 aromatic rings. The van der Waals surface area contributed by atoms with Crippen LogP contribution in [-0.2, 0) is 11.3 Å². The van der Waals surface area contributed by atoms with Crippen LogP contribution < -0.4 is 5.32 Å². The highest BCUT2D eigenvalue weighted by molar-refractivity contribution is 5.25. The minimum atomic E-state index is 0.109. The van der Waals surface area contributed by atoms with E-state index in [9.17, 15) is 5.11 Å². The number of aliphatic hydroxyl groups is 1. The van der Waals surface area contributed by atoms with E-state index in [4.69, 9.17) is 4.74 Å². The molecule has 1 atom stereocenters. The summed E-state index contributed by atoms with van der Waals surface area (Å²) in [5, 5.41) is 13.0. The number of rotatable bonds is 8. The van der Waals surface area contributed by atoms with E-state index in [0.29, 0.717) is 11.5 Å². The predicted octanol–water partition coefficient (Wildman–Crippen LogP) is 3.43. The Morgan fingerprint density at radius 2 is 2.10 bits per heavy atom. The first-order chi connectivity index (χ1) is 10.2. The van der Waals surface area contributed by atoms with E-state index in [-0.39, 0.29) is 6.61 Å². The summed E-state index contributed by atoms with van der Waals surface area (Å²) >= 11 is 0. The van der Waals surface area contributed by atoms with Gasteiger partial charge in [-0.2, -0.15) is 0 Å². The van der Waals surface area contributed by atoms with Gasteiger partial charge in [0, 0.05) is 26.3 Å². The Hall–Kier alpha value is -0.900. The summed E-state index contributed by atoms with van der Waals surface area (Å²) in [5.74, 6) is 0. The van der Waals surface area contributed by atoms with Crippen LogP contribution in [0.15, 0.2) is 24.3 Å². The summed E-state index contributed by atoms with van der Waals surface area (Å²) in [5.41, 5.74) is 2.65. The topological polar surface area (TPSA) is 41.5 Å². The molecule has 1 unspecified atom stereocenters. The molecule has 1 aromatic carbocycles. The van der Waals surface area contributed by atoms with E-state index in [1.54, 1.807) is 7.11 Å². The third-order valence-corrected chi connectivity index (χ3v) is 4.92. The van der Waals surface area contributed by atoms with Crippen LogP contribution in [0, 0.1) is 5.41 Å². The Labute approximate surface area is 128 Å². The Morgan fingerprint density at radius 3 is 2.76 bits per heavy atom. The number of benzene rings is 1. The van der Waals surface area contributed by atoms with Crippen LogP contribution in [0.2, 0.25) is 0 Å². The normalized spacial score (nSPS) is 18.8. The molecule has 2 rings (SSSR count). The van der Waals surface area contributed by atoms with Crippen LogP contribution in [0.4, 0.5) is 0 Å². The van der Waals surface area contributed by atoms with Crippen molar-refractivity contribution in [3.8, 4) is 0 Å². The summed E-state index contributed by atoms with van der Waals surface area (Å²) < 4.78 is 5.29. The van der Waals surface area contributed by atoms with Crippen molar-refractivity contribution in [1.82, 2.24) is 5.32 Å². The lowest BCUT2D eigenvalue weighted by atomic mass is 9.82. The van der Waals surface area contributed by atoms with Gasteiger partial charge in [0.05, 0.1) is 6.61 Å². The number of hydrogen-bond donors (Lipinski definition) is 2. The molecule has 2 N–H and O–H groups in total. The zero-order chi connectivity index (χ0) is 15.1. The maximum absolute atomic E-state index is 9.25. The van der Waals surface area contributed by atoms with Crippen LogP contribution in [0.1, 0.15) is 56.2 Å². The van der Waals surface area contributed by atoms with Crippen molar-refractivity contribution in [2.75, 3.05) is 20.3 Å². The second-order valence-electron chi connectivity index (χ2n) is 6.46. The highest BCUT2D eigenvalue weighted by Crippen LogP contribution is 2.40. The van der Waals surface area contributed by atoms with Gasteiger partial charge in [0.15, 0.2) is 0 Å². The van der Waals surface area contributed by atoms with E-state index < -0.39 is 0 Å². The van der Waals surface area contributed by atoms with Gasteiger partial charge in [0.2, 0.25) is 0 Å². The van der Waals surface area contributed by atoms with Crippen molar-refractivity contribution in [2.45, 2.75) is 51.7 Å². The highest BCUT2D eigenvalue weighted by atomic mass is 16.5. The molecule has 1 aliphatic carbocycles. The van der Waals surface area contributed by atoms with Gasteiger partial charge < -0.3 is 15.2 Å². The van der Waals surface area contributed by atoms with Gasteiger partial charge in [-0.25, -0.2) is 0 Å². The van der Waals surface area contributed by atoms with Gasteiger partial charge in [-0.05, 0) is 42.7 Å². The number of nitrogens with one attached hydrogen (secondary N) is 1. The van der Waals surface area contributed by atoms with Crippen molar-refractivity contribution in [2.24, 2.45) is 5.41 Å². The molecule has 0 bridgehead atoms. The maximum atomic E-state index is 9.25. The lowest BCUT2D eigenvalue weighted by Crippen LogP contribution is -2.34. The van der Waals surface area contributed by atoms with Gasteiger partial charge in [-0.3, -0.25) is 0 Å². The van der Waals surface area contributed by atoms with Crippen molar-refractivity contribution in [3.63, 3.8) is 0 Å². The third kappa shape index (κ3) is 4.53. The van der Waals surface area contributed by atoms with Crippen LogP contribution in [-0.4, -0.2) is 25.4 Å². The van der Waals surface area contributed by atoms with Crippen LogP contribution in [0.5, 0.6) is 0 Å². The summed E-state index contributed by atoms with van der Waals surface area (Å²) in [6, 6.07) is 8.53. The molecule has 3 nitrogen and oxygen atoms in total. The Kier molecular flexibility index (Phi) is 6.22. The molecular formula is C18H29NO2. The average Bonchev–Trinajstić information content (AvgIpc) is 3.00. The number of methoxy groups -OCH3 is 1. The molecule has 21 heavy (non-hydrogen) atoms. The SMILES string of the molecule is COCCC1(CNC(C)c2cccc(CO)c2)CCCC1. The molecule has 0 aliphatic heterocycles. The first kappa shape index (κ1) is 16.5. The van der Waals surface area contributed by atoms with Crippen molar-refractivity contribution in [1.29, 1.82) is 0 Å². The van der Waals surface area contributed by atoms with Gasteiger partial charge in [-0.1, -0.05) is 37.1 Å². The second-order valence-corrected chi connectivity index (χ2v) is 6.46. The molecule has 0 radical (unpaired) electrons. The van der Waals surface area contributed by atoms with E-state index >= 15 is 0 Å². The molecule has 1 saturated carbocycles. The van der Waals surface area contributed by atoms with Gasteiger partial charge >= 0.3 is 0 Å². The first-order valence-electron chi connectivity index (χ1n) is 8.11. The first-order valence-corrected chi connectivity index (χ1v) is 8.11. The van der Waals surface area contributed by atoms with Crippen molar-refractivity contribution in [3.05, 3.63) is 35.4 Å². The Balaban J connectivity index is 1.93. The number of ether oxygens (including phenoxy) is 1. The molecule has 0 heterocycles. The van der Waals surface area contributed by atoms with Gasteiger partial charge in [0.1, 0.15) is 0 Å². The fourth-order valence-corrected chi connectivity index (χ4v) is 3.41. The van der Waals surface area contributed by atoms with E-state index in [1.165, 1.54) is 31.2 Å². The van der Waals surface area contributed by atoms with Crippen molar-refractivity contribution >= 4 is 0 Å². The molecule has 118 valence electrons. The largest absolute Gasteiger partial charge is 0.392 e. The van der Waals surface area contributed by atoms with Crippen LogP contribution >= 0.6 is 0 Å². The molecular weight excluding hydrogens is 262 g/mol. The average molecular weight is 291 g/mol.